The lowest BCUT2D eigenvalue weighted by Gasteiger charge is -2.19. The number of imide groups is 1. The fourth-order valence-corrected chi connectivity index (χ4v) is 3.02. The van der Waals surface area contributed by atoms with Crippen LogP contribution in [0.3, 0.4) is 0 Å². The summed E-state index contributed by atoms with van der Waals surface area (Å²) in [6.45, 7) is 0.0478. The van der Waals surface area contributed by atoms with Crippen LogP contribution < -0.4 is 4.74 Å². The number of carbonyl (C=O) groups is 2. The third-order valence-corrected chi connectivity index (χ3v) is 4.18. The van der Waals surface area contributed by atoms with Crippen molar-refractivity contribution in [3.63, 3.8) is 0 Å². The third kappa shape index (κ3) is 2.90. The SMILES string of the molecule is O=C1[C@@H]2CC=CC[C@H]2C(=O)N1C[C@H](O)COc1ccccc1. The number of aliphatic hydroxyl groups excluding tert-OH is 1. The van der Waals surface area contributed by atoms with E-state index in [1.54, 1.807) is 12.1 Å². The van der Waals surface area contributed by atoms with Crippen LogP contribution in [0.5, 0.6) is 5.75 Å². The molecule has 0 aromatic heterocycles. The molecule has 0 bridgehead atoms. The molecule has 3 rings (SSSR count). The molecule has 0 radical (unpaired) electrons. The zero-order valence-electron chi connectivity index (χ0n) is 12.2. The van der Waals surface area contributed by atoms with E-state index in [1.807, 2.05) is 30.4 Å². The molecule has 1 aromatic carbocycles. The largest absolute Gasteiger partial charge is 0.491 e. The smallest absolute Gasteiger partial charge is 0.233 e. The Bertz CT molecular complexity index is 558. The number of hydrogen-bond acceptors (Lipinski definition) is 4. The summed E-state index contributed by atoms with van der Waals surface area (Å²) in [7, 11) is 0. The molecule has 0 spiro atoms. The zero-order valence-corrected chi connectivity index (χ0v) is 12.2. The highest BCUT2D eigenvalue weighted by Gasteiger charge is 2.47. The molecule has 5 nitrogen and oxygen atoms in total. The van der Waals surface area contributed by atoms with Gasteiger partial charge in [0.25, 0.3) is 0 Å². The molecular weight excluding hydrogens is 282 g/mol. The molecule has 2 aliphatic rings. The van der Waals surface area contributed by atoms with Crippen molar-refractivity contribution < 1.29 is 19.4 Å². The van der Waals surface area contributed by atoms with Gasteiger partial charge in [0.15, 0.2) is 0 Å². The summed E-state index contributed by atoms with van der Waals surface area (Å²) in [6.07, 6.45) is 4.24. The van der Waals surface area contributed by atoms with Crippen LogP contribution in [-0.2, 0) is 9.59 Å². The van der Waals surface area contributed by atoms with Crippen molar-refractivity contribution >= 4 is 11.8 Å². The first kappa shape index (κ1) is 14.8. The number of rotatable bonds is 5. The summed E-state index contributed by atoms with van der Waals surface area (Å²) in [5, 5.41) is 10.1. The van der Waals surface area contributed by atoms with E-state index in [0.717, 1.165) is 0 Å². The number of β-amino-alcohol motifs (C(OH)–C–C–N with tert-alkyl or cyclic N) is 1. The van der Waals surface area contributed by atoms with Crippen LogP contribution in [0, 0.1) is 11.8 Å². The van der Waals surface area contributed by atoms with Gasteiger partial charge in [-0.15, -0.1) is 0 Å². The van der Waals surface area contributed by atoms with Crippen LogP contribution >= 0.6 is 0 Å². The van der Waals surface area contributed by atoms with E-state index < -0.39 is 6.10 Å². The van der Waals surface area contributed by atoms with Gasteiger partial charge in [-0.3, -0.25) is 14.5 Å². The van der Waals surface area contributed by atoms with E-state index in [4.69, 9.17) is 4.74 Å². The predicted octanol–water partition coefficient (Wildman–Crippen LogP) is 1.38. The lowest BCUT2D eigenvalue weighted by Crippen LogP contribution is -2.40. The predicted molar refractivity (Wildman–Crippen MR) is 80.0 cm³/mol. The highest BCUT2D eigenvalue weighted by molar-refractivity contribution is 6.05. The van der Waals surface area contributed by atoms with Crippen molar-refractivity contribution in [1.82, 2.24) is 4.90 Å². The van der Waals surface area contributed by atoms with Crippen molar-refractivity contribution in [3.8, 4) is 5.75 Å². The molecule has 116 valence electrons. The van der Waals surface area contributed by atoms with Crippen LogP contribution in [0.15, 0.2) is 42.5 Å². The Kier molecular flexibility index (Phi) is 4.24. The fourth-order valence-electron chi connectivity index (χ4n) is 3.02. The van der Waals surface area contributed by atoms with Crippen molar-refractivity contribution in [2.24, 2.45) is 11.8 Å². The van der Waals surface area contributed by atoms with Crippen LogP contribution in [0.4, 0.5) is 0 Å². The molecule has 1 aliphatic heterocycles. The van der Waals surface area contributed by atoms with Gasteiger partial charge in [0.2, 0.25) is 11.8 Å². The van der Waals surface area contributed by atoms with Gasteiger partial charge >= 0.3 is 0 Å². The van der Waals surface area contributed by atoms with Crippen molar-refractivity contribution in [3.05, 3.63) is 42.5 Å². The molecule has 1 aromatic rings. The molecule has 3 atom stereocenters. The van der Waals surface area contributed by atoms with E-state index in [0.29, 0.717) is 18.6 Å². The number of ether oxygens (including phenoxy) is 1. The molecule has 2 amide bonds. The molecule has 1 aliphatic carbocycles. The standard InChI is InChI=1S/C17H19NO4/c19-12(11-22-13-6-2-1-3-7-13)10-18-16(20)14-8-4-5-9-15(14)17(18)21/h1-7,12,14-15,19H,8-11H2/t12-,14+,15+/m0/s1. The van der Waals surface area contributed by atoms with E-state index in [1.165, 1.54) is 4.90 Å². The van der Waals surface area contributed by atoms with Gasteiger partial charge in [0.05, 0.1) is 18.4 Å². The Balaban J connectivity index is 1.56. The molecule has 1 fully saturated rings. The van der Waals surface area contributed by atoms with Gasteiger partial charge in [-0.1, -0.05) is 30.4 Å². The second-order valence-electron chi connectivity index (χ2n) is 5.72. The number of aliphatic hydroxyl groups is 1. The van der Waals surface area contributed by atoms with Crippen LogP contribution in [0.1, 0.15) is 12.8 Å². The van der Waals surface area contributed by atoms with E-state index in [-0.39, 0.29) is 36.8 Å². The van der Waals surface area contributed by atoms with Gasteiger partial charge in [0.1, 0.15) is 18.5 Å². The van der Waals surface area contributed by atoms with E-state index in [9.17, 15) is 14.7 Å². The summed E-state index contributed by atoms with van der Waals surface area (Å²) >= 11 is 0. The minimum Gasteiger partial charge on any atom is -0.491 e. The highest BCUT2D eigenvalue weighted by atomic mass is 16.5. The normalized spacial score (nSPS) is 25.2. The second-order valence-corrected chi connectivity index (χ2v) is 5.72. The van der Waals surface area contributed by atoms with E-state index >= 15 is 0 Å². The number of carbonyl (C=O) groups excluding carboxylic acids is 2. The first-order chi connectivity index (χ1) is 10.7. The van der Waals surface area contributed by atoms with Gasteiger partial charge in [-0.05, 0) is 25.0 Å². The Morgan fingerprint density at radius 1 is 1.09 bits per heavy atom. The number of nitrogens with zero attached hydrogens (tertiary/aromatic N) is 1. The first-order valence-corrected chi connectivity index (χ1v) is 7.53. The van der Waals surface area contributed by atoms with Crippen LogP contribution in [0.25, 0.3) is 0 Å². The topological polar surface area (TPSA) is 66.8 Å². The van der Waals surface area contributed by atoms with Crippen LogP contribution in [-0.4, -0.2) is 41.1 Å². The summed E-state index contributed by atoms with van der Waals surface area (Å²) in [5.74, 6) is -0.186. The number of benzene rings is 1. The van der Waals surface area contributed by atoms with Gasteiger partial charge < -0.3 is 9.84 Å². The number of likely N-dealkylation sites (tertiary alicyclic amines) is 1. The number of amides is 2. The zero-order chi connectivity index (χ0) is 15.5. The summed E-state index contributed by atoms with van der Waals surface area (Å²) in [6, 6.07) is 9.14. The minimum absolute atomic E-state index is 0.00248. The maximum absolute atomic E-state index is 12.3. The molecule has 5 heteroatoms. The van der Waals surface area contributed by atoms with Crippen molar-refractivity contribution in [2.45, 2.75) is 18.9 Å². The number of allylic oxidation sites excluding steroid dienone is 2. The fraction of sp³-hybridized carbons (Fsp3) is 0.412. The minimum atomic E-state index is -0.888. The molecule has 1 heterocycles. The van der Waals surface area contributed by atoms with Crippen molar-refractivity contribution in [2.75, 3.05) is 13.2 Å². The summed E-state index contributed by atoms with van der Waals surface area (Å²) in [4.78, 5) is 25.8. The quantitative estimate of drug-likeness (QED) is 0.659. The number of para-hydroxylation sites is 1. The third-order valence-electron chi connectivity index (χ3n) is 4.18. The molecule has 0 saturated carbocycles. The average Bonchev–Trinajstić information content (AvgIpc) is 2.79. The van der Waals surface area contributed by atoms with Gasteiger partial charge in [0, 0.05) is 0 Å². The number of fused-ring (bicyclic) bond motifs is 1. The molecular formula is C17H19NO4. The lowest BCUT2D eigenvalue weighted by atomic mass is 9.85. The molecule has 1 saturated heterocycles. The second kappa shape index (κ2) is 6.32. The maximum atomic E-state index is 12.3. The molecule has 22 heavy (non-hydrogen) atoms. The Labute approximate surface area is 129 Å². The highest BCUT2D eigenvalue weighted by Crippen LogP contribution is 2.35. The first-order valence-electron chi connectivity index (χ1n) is 7.53. The summed E-state index contributed by atoms with van der Waals surface area (Å²) < 4.78 is 5.46. The Hall–Kier alpha value is -2.14. The Morgan fingerprint density at radius 2 is 1.68 bits per heavy atom. The Morgan fingerprint density at radius 3 is 2.27 bits per heavy atom. The van der Waals surface area contributed by atoms with Crippen molar-refractivity contribution in [1.29, 1.82) is 0 Å². The molecule has 0 unspecified atom stereocenters. The van der Waals surface area contributed by atoms with Gasteiger partial charge in [-0.2, -0.15) is 0 Å². The monoisotopic (exact) mass is 301 g/mol. The summed E-state index contributed by atoms with van der Waals surface area (Å²) in [5.41, 5.74) is 0. The maximum Gasteiger partial charge on any atom is 0.233 e. The number of hydrogen-bond donors (Lipinski definition) is 1. The molecule has 1 N–H and O–H groups in total. The van der Waals surface area contributed by atoms with E-state index in [2.05, 4.69) is 0 Å². The van der Waals surface area contributed by atoms with Crippen LogP contribution in [0.2, 0.25) is 0 Å². The van der Waals surface area contributed by atoms with Gasteiger partial charge in [-0.25, -0.2) is 0 Å². The lowest BCUT2D eigenvalue weighted by molar-refractivity contribution is -0.141. The average molecular weight is 301 g/mol.